The van der Waals surface area contributed by atoms with E-state index in [-0.39, 0.29) is 19.5 Å². The van der Waals surface area contributed by atoms with Crippen LogP contribution in [0, 0.1) is 0 Å². The lowest BCUT2D eigenvalue weighted by Crippen LogP contribution is -2.52. The number of imide groups is 1. The molecule has 13 heteroatoms. The quantitative estimate of drug-likeness (QED) is 0.310. The summed E-state index contributed by atoms with van der Waals surface area (Å²) < 4.78 is 7.98. The zero-order chi connectivity index (χ0) is 20.1. The Labute approximate surface area is 164 Å². The molecule has 0 radical (unpaired) electrons. The highest BCUT2D eigenvalue weighted by Crippen LogP contribution is 2.26. The molecular formula is C13H18Cl3N5O5. The molecule has 0 unspecified atom stereocenters. The van der Waals surface area contributed by atoms with Gasteiger partial charge in [-0.25, -0.2) is 9.59 Å². The van der Waals surface area contributed by atoms with Gasteiger partial charge >= 0.3 is 12.2 Å². The molecule has 0 aromatic rings. The fourth-order valence-electron chi connectivity index (χ4n) is 2.04. The summed E-state index contributed by atoms with van der Waals surface area (Å²) in [5, 5.41) is 5.29. The number of halogens is 3. The smallest absolute Gasteiger partial charge is 0.414 e. The van der Waals surface area contributed by atoms with Crippen LogP contribution in [0.1, 0.15) is 27.2 Å². The number of carbonyl (C=O) groups excluding carboxylic acids is 3. The van der Waals surface area contributed by atoms with Gasteiger partial charge in [-0.1, -0.05) is 39.9 Å². The van der Waals surface area contributed by atoms with E-state index in [4.69, 9.17) is 49.8 Å². The van der Waals surface area contributed by atoms with Crippen molar-refractivity contribution in [2.24, 2.45) is 5.11 Å². The molecule has 0 bridgehead atoms. The lowest BCUT2D eigenvalue weighted by Gasteiger charge is -2.36. The molecular weight excluding hydrogens is 413 g/mol. The van der Waals surface area contributed by atoms with Gasteiger partial charge in [-0.2, -0.15) is 0 Å². The monoisotopic (exact) mass is 429 g/mol. The minimum absolute atomic E-state index is 0.0893. The Bertz CT molecular complexity index is 612. The number of alkyl carbamates (subject to hydrolysis) is 1. The highest BCUT2D eigenvalue weighted by molar-refractivity contribution is 6.76. The molecule has 1 aliphatic heterocycles. The summed E-state index contributed by atoms with van der Waals surface area (Å²) in [6.07, 6.45) is -2.58. The Hall–Kier alpha value is -1.61. The molecule has 10 nitrogen and oxygen atoms in total. The van der Waals surface area contributed by atoms with E-state index in [2.05, 4.69) is 10.0 Å². The molecule has 146 valence electrons. The fraction of sp³-hybridized carbons (Fsp3) is 0.769. The second-order valence-electron chi connectivity index (χ2n) is 6.38. The van der Waals surface area contributed by atoms with Crippen LogP contribution in [0.15, 0.2) is 5.11 Å². The number of carbonyl (C=O) groups is 3. The summed E-state index contributed by atoms with van der Waals surface area (Å²) in [6, 6.07) is -0.729. The highest BCUT2D eigenvalue weighted by Gasteiger charge is 2.37. The van der Waals surface area contributed by atoms with E-state index in [0.717, 1.165) is 0 Å². The Morgan fingerprint density at radius 1 is 1.27 bits per heavy atom. The van der Waals surface area contributed by atoms with Gasteiger partial charge in [0, 0.05) is 11.5 Å². The lowest BCUT2D eigenvalue weighted by molar-refractivity contribution is -0.119. The standard InChI is InChI=1S/C13H18Cl3N5O5/c1-12(2,3)26-11(24)21-5-4-7(19-20-17)8(6-21)25-10(23)18-9(22)13(14,15)16/h7-8H,4-6H2,1-3H3,(H,18,22,23)/t7-,8-/m1/s1. The normalized spacial score (nSPS) is 20.6. The predicted octanol–water partition coefficient (Wildman–Crippen LogP) is 3.30. The van der Waals surface area contributed by atoms with Crippen molar-refractivity contribution in [2.75, 3.05) is 13.1 Å². The second-order valence-corrected chi connectivity index (χ2v) is 8.66. The van der Waals surface area contributed by atoms with Crippen LogP contribution in [0.3, 0.4) is 0 Å². The van der Waals surface area contributed by atoms with Crippen molar-refractivity contribution in [2.45, 2.75) is 48.7 Å². The largest absolute Gasteiger partial charge is 0.444 e. The van der Waals surface area contributed by atoms with E-state index in [0.29, 0.717) is 0 Å². The molecule has 1 N–H and O–H groups in total. The van der Waals surface area contributed by atoms with Crippen molar-refractivity contribution in [3.05, 3.63) is 10.4 Å². The summed E-state index contributed by atoms with van der Waals surface area (Å²) in [5.74, 6) is -1.20. The van der Waals surface area contributed by atoms with Gasteiger partial charge in [-0.3, -0.25) is 10.1 Å². The number of ether oxygens (including phenoxy) is 2. The summed E-state index contributed by atoms with van der Waals surface area (Å²) >= 11 is 16.1. The number of rotatable bonds is 2. The topological polar surface area (TPSA) is 134 Å². The summed E-state index contributed by atoms with van der Waals surface area (Å²) in [6.45, 7) is 5.28. The molecule has 2 atom stereocenters. The third-order valence-corrected chi connectivity index (χ3v) is 3.62. The molecule has 1 aliphatic rings. The maximum Gasteiger partial charge on any atom is 0.414 e. The van der Waals surface area contributed by atoms with E-state index in [1.54, 1.807) is 26.1 Å². The van der Waals surface area contributed by atoms with Crippen LogP contribution < -0.4 is 5.32 Å². The zero-order valence-corrected chi connectivity index (χ0v) is 16.5. The lowest BCUT2D eigenvalue weighted by atomic mass is 10.0. The maximum absolute atomic E-state index is 12.2. The third kappa shape index (κ3) is 7.33. The van der Waals surface area contributed by atoms with Crippen molar-refractivity contribution in [1.82, 2.24) is 10.2 Å². The summed E-state index contributed by atoms with van der Waals surface area (Å²) in [5.41, 5.74) is 7.94. The number of piperidine rings is 1. The average molecular weight is 431 g/mol. The van der Waals surface area contributed by atoms with Crippen molar-refractivity contribution in [3.63, 3.8) is 0 Å². The molecule has 0 spiro atoms. The number of nitrogens with one attached hydrogen (secondary N) is 1. The van der Waals surface area contributed by atoms with Crippen LogP contribution >= 0.6 is 34.8 Å². The van der Waals surface area contributed by atoms with Gasteiger partial charge in [0.2, 0.25) is 0 Å². The first-order valence-corrected chi connectivity index (χ1v) is 8.58. The Morgan fingerprint density at radius 2 is 1.88 bits per heavy atom. The number of hydrogen-bond donors (Lipinski definition) is 1. The minimum atomic E-state index is -2.35. The molecule has 0 aliphatic carbocycles. The van der Waals surface area contributed by atoms with Crippen LogP contribution in [0.2, 0.25) is 0 Å². The van der Waals surface area contributed by atoms with Crippen LogP contribution in [0.4, 0.5) is 9.59 Å². The molecule has 0 aromatic carbocycles. The van der Waals surface area contributed by atoms with Crippen molar-refractivity contribution in [1.29, 1.82) is 0 Å². The molecule has 1 rings (SSSR count). The van der Waals surface area contributed by atoms with Gasteiger partial charge in [-0.05, 0) is 32.7 Å². The van der Waals surface area contributed by atoms with Gasteiger partial charge in [0.25, 0.3) is 9.70 Å². The first kappa shape index (κ1) is 22.4. The van der Waals surface area contributed by atoms with Crippen LogP contribution in [-0.2, 0) is 14.3 Å². The van der Waals surface area contributed by atoms with E-state index in [1.165, 1.54) is 4.90 Å². The zero-order valence-electron chi connectivity index (χ0n) is 14.2. The number of nitrogens with zero attached hydrogens (tertiary/aromatic N) is 4. The summed E-state index contributed by atoms with van der Waals surface area (Å²) in [7, 11) is 0. The average Bonchev–Trinajstić information content (AvgIpc) is 2.46. The molecule has 26 heavy (non-hydrogen) atoms. The van der Waals surface area contributed by atoms with Crippen molar-refractivity contribution >= 4 is 52.9 Å². The third-order valence-electron chi connectivity index (χ3n) is 3.11. The molecule has 1 fully saturated rings. The van der Waals surface area contributed by atoms with E-state index >= 15 is 0 Å². The molecule has 3 amide bonds. The van der Waals surface area contributed by atoms with E-state index < -0.39 is 39.6 Å². The van der Waals surface area contributed by atoms with Gasteiger partial charge in [0.1, 0.15) is 11.7 Å². The molecule has 1 saturated heterocycles. The van der Waals surface area contributed by atoms with Gasteiger partial charge < -0.3 is 14.4 Å². The number of likely N-dealkylation sites (tertiary alicyclic amines) is 1. The Kier molecular flexibility index (Phi) is 7.64. The maximum atomic E-state index is 12.2. The number of hydrogen-bond acceptors (Lipinski definition) is 6. The first-order valence-electron chi connectivity index (χ1n) is 7.44. The molecule has 1 heterocycles. The van der Waals surface area contributed by atoms with Crippen LogP contribution in [0.5, 0.6) is 0 Å². The van der Waals surface area contributed by atoms with Crippen molar-refractivity contribution < 1.29 is 23.9 Å². The van der Waals surface area contributed by atoms with Gasteiger partial charge in [-0.15, -0.1) is 0 Å². The minimum Gasteiger partial charge on any atom is -0.444 e. The first-order chi connectivity index (χ1) is 11.8. The number of azide groups is 1. The Balaban J connectivity index is 2.79. The Morgan fingerprint density at radius 3 is 2.38 bits per heavy atom. The van der Waals surface area contributed by atoms with Crippen LogP contribution in [0.25, 0.3) is 10.4 Å². The number of amides is 3. The van der Waals surface area contributed by atoms with Gasteiger partial charge in [0.15, 0.2) is 0 Å². The second kappa shape index (κ2) is 8.85. The SMILES string of the molecule is CC(C)(C)OC(=O)N1CC[C@@H](N=[N+]=[N-])[C@H](OC(=O)NC(=O)C(Cl)(Cl)Cl)C1. The van der Waals surface area contributed by atoms with Crippen LogP contribution in [-0.4, -0.2) is 57.6 Å². The summed E-state index contributed by atoms with van der Waals surface area (Å²) in [4.78, 5) is 39.5. The predicted molar refractivity (Wildman–Crippen MR) is 94.1 cm³/mol. The fourth-order valence-corrected chi connectivity index (χ4v) is 2.18. The molecule has 0 aromatic heterocycles. The van der Waals surface area contributed by atoms with E-state index in [1.807, 2.05) is 0 Å². The van der Waals surface area contributed by atoms with Gasteiger partial charge in [0.05, 0.1) is 12.6 Å². The van der Waals surface area contributed by atoms with Crippen molar-refractivity contribution in [3.8, 4) is 0 Å². The van der Waals surface area contributed by atoms with E-state index in [9.17, 15) is 14.4 Å². The number of alkyl halides is 3. The molecule has 0 saturated carbocycles. The highest BCUT2D eigenvalue weighted by atomic mass is 35.6.